The van der Waals surface area contributed by atoms with Crippen LogP contribution in [0.4, 0.5) is 0 Å². The number of carbonyl (C=O) groups excluding carboxylic acids is 1. The zero-order valence-electron chi connectivity index (χ0n) is 11.9. The molecule has 0 radical (unpaired) electrons. The van der Waals surface area contributed by atoms with Crippen LogP contribution in [0.3, 0.4) is 0 Å². The maximum atomic E-state index is 11.9. The number of hydrogen-bond donors (Lipinski definition) is 3. The third-order valence-electron chi connectivity index (χ3n) is 4.06. The standard InChI is InChI=1S/C14H26N2O3/c1-3-11(4-5-13(17)18)6-8-16-14(19)12-7-9-15-10(12)2/h10-12,15H,3-9H2,1-2H3,(H,16,19)(H,17,18). The molecule has 1 saturated heterocycles. The zero-order chi connectivity index (χ0) is 14.3. The summed E-state index contributed by atoms with van der Waals surface area (Å²) in [6, 6.07) is 0.258. The Bertz CT molecular complexity index is 307. The lowest BCUT2D eigenvalue weighted by atomic mass is 9.96. The van der Waals surface area contributed by atoms with E-state index in [1.54, 1.807) is 0 Å². The van der Waals surface area contributed by atoms with Crippen LogP contribution in [0.5, 0.6) is 0 Å². The maximum absolute atomic E-state index is 11.9. The Hall–Kier alpha value is -1.10. The minimum Gasteiger partial charge on any atom is -0.481 e. The largest absolute Gasteiger partial charge is 0.481 e. The number of rotatable bonds is 8. The Morgan fingerprint density at radius 2 is 2.16 bits per heavy atom. The van der Waals surface area contributed by atoms with E-state index in [1.165, 1.54) is 0 Å². The molecule has 1 rings (SSSR count). The number of carboxylic acids is 1. The lowest BCUT2D eigenvalue weighted by Gasteiger charge is -2.17. The van der Waals surface area contributed by atoms with Crippen molar-refractivity contribution < 1.29 is 14.7 Å². The van der Waals surface area contributed by atoms with Crippen molar-refractivity contribution in [2.75, 3.05) is 13.1 Å². The second-order valence-electron chi connectivity index (χ2n) is 5.42. The van der Waals surface area contributed by atoms with Crippen molar-refractivity contribution in [1.29, 1.82) is 0 Å². The van der Waals surface area contributed by atoms with Crippen LogP contribution in [0.1, 0.15) is 46.0 Å². The van der Waals surface area contributed by atoms with Crippen molar-refractivity contribution in [3.8, 4) is 0 Å². The summed E-state index contributed by atoms with van der Waals surface area (Å²) in [5, 5.41) is 14.9. The molecule has 5 heteroatoms. The molecule has 0 spiro atoms. The fourth-order valence-electron chi connectivity index (χ4n) is 2.63. The molecule has 110 valence electrons. The van der Waals surface area contributed by atoms with Gasteiger partial charge in [0.15, 0.2) is 0 Å². The smallest absolute Gasteiger partial charge is 0.303 e. The van der Waals surface area contributed by atoms with Crippen LogP contribution in [0.25, 0.3) is 0 Å². The van der Waals surface area contributed by atoms with E-state index in [2.05, 4.69) is 17.6 Å². The number of carboxylic acid groups (broad SMARTS) is 1. The summed E-state index contributed by atoms with van der Waals surface area (Å²) in [5.74, 6) is -0.145. The highest BCUT2D eigenvalue weighted by Crippen LogP contribution is 2.17. The highest BCUT2D eigenvalue weighted by atomic mass is 16.4. The average molecular weight is 270 g/mol. The predicted octanol–water partition coefficient (Wildman–Crippen LogP) is 1.38. The molecule has 0 bridgehead atoms. The van der Waals surface area contributed by atoms with Crippen LogP contribution in [0, 0.1) is 11.8 Å². The quantitative estimate of drug-likeness (QED) is 0.622. The molecule has 0 saturated carbocycles. The monoisotopic (exact) mass is 270 g/mol. The Kier molecular flexibility index (Phi) is 6.84. The zero-order valence-corrected chi connectivity index (χ0v) is 11.9. The molecule has 1 amide bonds. The molecule has 3 N–H and O–H groups in total. The Morgan fingerprint density at radius 1 is 1.42 bits per heavy atom. The molecule has 5 nitrogen and oxygen atoms in total. The summed E-state index contributed by atoms with van der Waals surface area (Å²) in [4.78, 5) is 22.5. The molecule has 1 aliphatic heterocycles. The van der Waals surface area contributed by atoms with Gasteiger partial charge >= 0.3 is 5.97 Å². The van der Waals surface area contributed by atoms with Gasteiger partial charge in [0.2, 0.25) is 5.91 Å². The van der Waals surface area contributed by atoms with Gasteiger partial charge < -0.3 is 15.7 Å². The van der Waals surface area contributed by atoms with Gasteiger partial charge in [-0.2, -0.15) is 0 Å². The topological polar surface area (TPSA) is 78.4 Å². The van der Waals surface area contributed by atoms with Gasteiger partial charge in [0.25, 0.3) is 0 Å². The number of amides is 1. The van der Waals surface area contributed by atoms with Gasteiger partial charge in [-0.3, -0.25) is 9.59 Å². The summed E-state index contributed by atoms with van der Waals surface area (Å²) in [6.07, 6.45) is 3.65. The lowest BCUT2D eigenvalue weighted by Crippen LogP contribution is -2.37. The van der Waals surface area contributed by atoms with E-state index >= 15 is 0 Å². The molecular formula is C14H26N2O3. The van der Waals surface area contributed by atoms with Gasteiger partial charge in [-0.15, -0.1) is 0 Å². The number of aliphatic carboxylic acids is 1. The first kappa shape index (κ1) is 16.0. The van der Waals surface area contributed by atoms with E-state index in [0.717, 1.165) is 25.8 Å². The molecule has 3 atom stereocenters. The van der Waals surface area contributed by atoms with Crippen LogP contribution < -0.4 is 10.6 Å². The second kappa shape index (κ2) is 8.15. The molecule has 0 aromatic carbocycles. The molecular weight excluding hydrogens is 244 g/mol. The van der Waals surface area contributed by atoms with Gasteiger partial charge in [-0.05, 0) is 38.6 Å². The first-order valence-corrected chi connectivity index (χ1v) is 7.27. The molecule has 1 heterocycles. The van der Waals surface area contributed by atoms with E-state index in [0.29, 0.717) is 18.9 Å². The van der Waals surface area contributed by atoms with E-state index in [9.17, 15) is 9.59 Å². The second-order valence-corrected chi connectivity index (χ2v) is 5.42. The van der Waals surface area contributed by atoms with Crippen molar-refractivity contribution >= 4 is 11.9 Å². The first-order chi connectivity index (χ1) is 9.04. The van der Waals surface area contributed by atoms with Crippen LogP contribution >= 0.6 is 0 Å². The van der Waals surface area contributed by atoms with Crippen LogP contribution in [-0.2, 0) is 9.59 Å². The predicted molar refractivity (Wildman–Crippen MR) is 73.8 cm³/mol. The third kappa shape index (κ3) is 5.59. The van der Waals surface area contributed by atoms with Crippen LogP contribution in [0.2, 0.25) is 0 Å². The number of nitrogens with one attached hydrogen (secondary N) is 2. The van der Waals surface area contributed by atoms with E-state index in [-0.39, 0.29) is 24.3 Å². The van der Waals surface area contributed by atoms with Crippen molar-refractivity contribution in [3.63, 3.8) is 0 Å². The molecule has 1 fully saturated rings. The Balaban J connectivity index is 2.20. The van der Waals surface area contributed by atoms with Crippen molar-refractivity contribution in [2.45, 2.75) is 52.0 Å². The van der Waals surface area contributed by atoms with Crippen molar-refractivity contribution in [1.82, 2.24) is 10.6 Å². The minimum absolute atomic E-state index is 0.0825. The molecule has 0 aliphatic carbocycles. The minimum atomic E-state index is -0.742. The van der Waals surface area contributed by atoms with E-state index in [4.69, 9.17) is 5.11 Å². The molecule has 3 unspecified atom stereocenters. The summed E-state index contributed by atoms with van der Waals surface area (Å²) in [5.41, 5.74) is 0. The summed E-state index contributed by atoms with van der Waals surface area (Å²) in [7, 11) is 0. The molecule has 0 aromatic rings. The highest BCUT2D eigenvalue weighted by Gasteiger charge is 2.28. The van der Waals surface area contributed by atoms with Crippen molar-refractivity contribution in [2.24, 2.45) is 11.8 Å². The number of hydrogen-bond acceptors (Lipinski definition) is 3. The lowest BCUT2D eigenvalue weighted by molar-refractivity contribution is -0.137. The maximum Gasteiger partial charge on any atom is 0.303 e. The SMILES string of the molecule is CCC(CCNC(=O)C1CCNC1C)CCC(=O)O. The molecule has 0 aromatic heterocycles. The van der Waals surface area contributed by atoms with Gasteiger partial charge in [-0.25, -0.2) is 0 Å². The van der Waals surface area contributed by atoms with Gasteiger partial charge in [0.1, 0.15) is 0 Å². The normalized spacial score (nSPS) is 24.1. The Morgan fingerprint density at radius 3 is 2.68 bits per heavy atom. The van der Waals surface area contributed by atoms with Gasteiger partial charge in [-0.1, -0.05) is 13.3 Å². The fraction of sp³-hybridized carbons (Fsp3) is 0.857. The van der Waals surface area contributed by atoms with Gasteiger partial charge in [0, 0.05) is 19.0 Å². The van der Waals surface area contributed by atoms with Crippen LogP contribution in [0.15, 0.2) is 0 Å². The fourth-order valence-corrected chi connectivity index (χ4v) is 2.63. The van der Waals surface area contributed by atoms with Crippen molar-refractivity contribution in [3.05, 3.63) is 0 Å². The van der Waals surface area contributed by atoms with E-state index < -0.39 is 5.97 Å². The molecule has 1 aliphatic rings. The number of carbonyl (C=O) groups is 2. The van der Waals surface area contributed by atoms with Gasteiger partial charge in [0.05, 0.1) is 5.92 Å². The Labute approximate surface area is 115 Å². The van der Waals surface area contributed by atoms with Crippen LogP contribution in [-0.4, -0.2) is 36.1 Å². The summed E-state index contributed by atoms with van der Waals surface area (Å²) >= 11 is 0. The summed E-state index contributed by atoms with van der Waals surface area (Å²) in [6.45, 7) is 5.67. The third-order valence-corrected chi connectivity index (χ3v) is 4.06. The highest BCUT2D eigenvalue weighted by molar-refractivity contribution is 5.79. The summed E-state index contributed by atoms with van der Waals surface area (Å²) < 4.78 is 0. The van der Waals surface area contributed by atoms with E-state index in [1.807, 2.05) is 6.92 Å². The first-order valence-electron chi connectivity index (χ1n) is 7.27. The molecule has 19 heavy (non-hydrogen) atoms. The average Bonchev–Trinajstić information content (AvgIpc) is 2.79.